The van der Waals surface area contributed by atoms with Gasteiger partial charge in [-0.2, -0.15) is 0 Å². The second-order valence-electron chi connectivity index (χ2n) is 8.03. The molecule has 6 nitrogen and oxygen atoms in total. The quantitative estimate of drug-likeness (QED) is 0.405. The van der Waals surface area contributed by atoms with Gasteiger partial charge < -0.3 is 15.5 Å². The number of anilines is 1. The van der Waals surface area contributed by atoms with Gasteiger partial charge in [0.25, 0.3) is 5.91 Å². The average molecular weight is 471 g/mol. The van der Waals surface area contributed by atoms with E-state index in [2.05, 4.69) is 4.98 Å². The van der Waals surface area contributed by atoms with Crippen LogP contribution in [0.15, 0.2) is 90.3 Å². The van der Waals surface area contributed by atoms with E-state index in [0.29, 0.717) is 23.8 Å². The molecule has 0 saturated heterocycles. The van der Waals surface area contributed by atoms with Crippen LogP contribution in [-0.4, -0.2) is 40.2 Å². The van der Waals surface area contributed by atoms with Crippen LogP contribution in [0.1, 0.15) is 21.5 Å². The molecule has 3 aromatic carbocycles. The molecule has 0 saturated carbocycles. The van der Waals surface area contributed by atoms with Crippen LogP contribution in [0.25, 0.3) is 11.3 Å². The summed E-state index contributed by atoms with van der Waals surface area (Å²) >= 11 is 1.38. The summed E-state index contributed by atoms with van der Waals surface area (Å²) in [5.41, 5.74) is 9.92. The number of carbonyl (C=O) groups excluding carboxylic acids is 2. The highest BCUT2D eigenvalue weighted by molar-refractivity contribution is 7.13. The number of thiazole rings is 1. The Kier molecular flexibility index (Phi) is 7.34. The Bertz CT molecular complexity index is 1240. The Hall–Kier alpha value is -3.97. The van der Waals surface area contributed by atoms with Crippen molar-refractivity contribution in [1.29, 1.82) is 0 Å². The van der Waals surface area contributed by atoms with Crippen molar-refractivity contribution in [2.45, 2.75) is 13.1 Å². The minimum absolute atomic E-state index is 0.0125. The fourth-order valence-electron chi connectivity index (χ4n) is 3.62. The lowest BCUT2D eigenvalue weighted by Gasteiger charge is -2.26. The van der Waals surface area contributed by atoms with E-state index in [1.54, 1.807) is 29.0 Å². The number of amides is 2. The second-order valence-corrected chi connectivity index (χ2v) is 8.92. The summed E-state index contributed by atoms with van der Waals surface area (Å²) in [7, 11) is 1.76. The Balaban J connectivity index is 1.51. The SMILES string of the molecule is CN(Cc1ccccc1)C(=O)CN(Cc1ccccc1)C(=O)c1ccc(-c2csc(N)n2)cc1. The molecule has 0 fully saturated rings. The third kappa shape index (κ3) is 5.88. The summed E-state index contributed by atoms with van der Waals surface area (Å²) in [6.45, 7) is 0.814. The minimum Gasteiger partial charge on any atom is -0.375 e. The molecule has 1 aromatic heterocycles. The topological polar surface area (TPSA) is 79.5 Å². The normalized spacial score (nSPS) is 10.6. The van der Waals surface area contributed by atoms with Crippen LogP contribution in [0.3, 0.4) is 0 Å². The standard InChI is InChI=1S/C27H26N4O2S/c1-30(16-20-8-4-2-5-9-20)25(32)18-31(17-21-10-6-3-7-11-21)26(33)23-14-12-22(13-15-23)24-19-34-27(28)29-24/h2-15,19H,16-18H2,1H3,(H2,28,29). The number of rotatable bonds is 8. The van der Waals surface area contributed by atoms with Gasteiger partial charge in [-0.25, -0.2) is 4.98 Å². The van der Waals surface area contributed by atoms with E-state index >= 15 is 0 Å². The smallest absolute Gasteiger partial charge is 0.254 e. The van der Waals surface area contributed by atoms with Gasteiger partial charge in [-0.1, -0.05) is 72.8 Å². The van der Waals surface area contributed by atoms with E-state index in [-0.39, 0.29) is 18.4 Å². The monoisotopic (exact) mass is 470 g/mol. The van der Waals surface area contributed by atoms with Crippen molar-refractivity contribution in [1.82, 2.24) is 14.8 Å². The number of nitrogen functional groups attached to an aromatic ring is 1. The van der Waals surface area contributed by atoms with Gasteiger partial charge in [0.2, 0.25) is 5.91 Å². The molecule has 172 valence electrons. The zero-order valence-corrected chi connectivity index (χ0v) is 19.7. The zero-order valence-electron chi connectivity index (χ0n) is 18.9. The van der Waals surface area contributed by atoms with Crippen molar-refractivity contribution >= 4 is 28.3 Å². The van der Waals surface area contributed by atoms with Crippen molar-refractivity contribution in [2.75, 3.05) is 19.3 Å². The van der Waals surface area contributed by atoms with E-state index in [1.165, 1.54) is 11.3 Å². The number of benzene rings is 3. The first-order valence-electron chi connectivity index (χ1n) is 10.9. The van der Waals surface area contributed by atoms with Gasteiger partial charge in [0.1, 0.15) is 6.54 Å². The van der Waals surface area contributed by atoms with E-state index in [1.807, 2.05) is 78.2 Å². The number of aromatic nitrogens is 1. The molecular weight excluding hydrogens is 444 g/mol. The highest BCUT2D eigenvalue weighted by Gasteiger charge is 2.21. The predicted octanol–water partition coefficient (Wildman–Crippen LogP) is 4.69. The minimum atomic E-state index is -0.199. The molecular formula is C27H26N4O2S. The Morgan fingerprint density at radius 2 is 1.44 bits per heavy atom. The van der Waals surface area contributed by atoms with Gasteiger partial charge in [0.15, 0.2) is 5.13 Å². The Labute approximate surface area is 203 Å². The van der Waals surface area contributed by atoms with Crippen LogP contribution < -0.4 is 5.73 Å². The number of likely N-dealkylation sites (N-methyl/N-ethyl adjacent to an activating group) is 1. The van der Waals surface area contributed by atoms with E-state index in [4.69, 9.17) is 5.73 Å². The van der Waals surface area contributed by atoms with Gasteiger partial charge in [0.05, 0.1) is 5.69 Å². The molecule has 2 amide bonds. The molecule has 4 aromatic rings. The molecule has 0 spiro atoms. The first kappa shape index (κ1) is 23.2. The number of hydrogen-bond donors (Lipinski definition) is 1. The fourth-order valence-corrected chi connectivity index (χ4v) is 4.19. The second kappa shape index (κ2) is 10.8. The molecule has 4 rings (SSSR count). The summed E-state index contributed by atoms with van der Waals surface area (Å²) in [6.07, 6.45) is 0. The molecule has 0 aliphatic carbocycles. The van der Waals surface area contributed by atoms with Gasteiger partial charge in [0, 0.05) is 36.6 Å². The maximum Gasteiger partial charge on any atom is 0.254 e. The maximum absolute atomic E-state index is 13.4. The number of nitrogens with zero attached hydrogens (tertiary/aromatic N) is 3. The molecule has 0 aliphatic heterocycles. The number of hydrogen-bond acceptors (Lipinski definition) is 5. The molecule has 0 unspecified atom stereocenters. The largest absolute Gasteiger partial charge is 0.375 e. The van der Waals surface area contributed by atoms with Gasteiger partial charge in [-0.15, -0.1) is 11.3 Å². The Morgan fingerprint density at radius 3 is 2.00 bits per heavy atom. The lowest BCUT2D eigenvalue weighted by molar-refractivity contribution is -0.131. The van der Waals surface area contributed by atoms with Crippen molar-refractivity contribution in [3.8, 4) is 11.3 Å². The van der Waals surface area contributed by atoms with Gasteiger partial charge in [-0.3, -0.25) is 9.59 Å². The van der Waals surface area contributed by atoms with Gasteiger partial charge in [-0.05, 0) is 23.3 Å². The predicted molar refractivity (Wildman–Crippen MR) is 136 cm³/mol. The van der Waals surface area contributed by atoms with E-state index < -0.39 is 0 Å². The molecule has 0 aliphatic rings. The van der Waals surface area contributed by atoms with Crippen molar-refractivity contribution in [2.24, 2.45) is 0 Å². The highest BCUT2D eigenvalue weighted by atomic mass is 32.1. The molecule has 7 heteroatoms. The molecule has 0 radical (unpaired) electrons. The first-order chi connectivity index (χ1) is 16.5. The molecule has 1 heterocycles. The van der Waals surface area contributed by atoms with E-state index in [0.717, 1.165) is 22.4 Å². The van der Waals surface area contributed by atoms with Crippen molar-refractivity contribution in [3.63, 3.8) is 0 Å². The van der Waals surface area contributed by atoms with E-state index in [9.17, 15) is 9.59 Å². The summed E-state index contributed by atoms with van der Waals surface area (Å²) in [5.74, 6) is -0.322. The van der Waals surface area contributed by atoms with Crippen molar-refractivity contribution < 1.29 is 9.59 Å². The summed E-state index contributed by atoms with van der Waals surface area (Å²) in [6, 6.07) is 26.7. The Morgan fingerprint density at radius 1 is 0.853 bits per heavy atom. The number of carbonyl (C=O) groups is 2. The van der Waals surface area contributed by atoms with Gasteiger partial charge >= 0.3 is 0 Å². The van der Waals surface area contributed by atoms with Crippen LogP contribution >= 0.6 is 11.3 Å². The third-order valence-corrected chi connectivity index (χ3v) is 6.14. The van der Waals surface area contributed by atoms with Crippen LogP contribution in [0.2, 0.25) is 0 Å². The highest BCUT2D eigenvalue weighted by Crippen LogP contribution is 2.24. The summed E-state index contributed by atoms with van der Waals surface area (Å²) in [4.78, 5) is 34.0. The first-order valence-corrected chi connectivity index (χ1v) is 11.8. The molecule has 2 N–H and O–H groups in total. The van der Waals surface area contributed by atoms with Crippen LogP contribution in [0.4, 0.5) is 5.13 Å². The maximum atomic E-state index is 13.4. The van der Waals surface area contributed by atoms with Crippen molar-refractivity contribution in [3.05, 3.63) is 107 Å². The zero-order chi connectivity index (χ0) is 23.9. The number of nitrogens with two attached hydrogens (primary N) is 1. The molecule has 0 bridgehead atoms. The summed E-state index contributed by atoms with van der Waals surface area (Å²) < 4.78 is 0. The van der Waals surface area contributed by atoms with Crippen LogP contribution in [-0.2, 0) is 17.9 Å². The van der Waals surface area contributed by atoms with Crippen LogP contribution in [0.5, 0.6) is 0 Å². The lowest BCUT2D eigenvalue weighted by atomic mass is 10.1. The molecule has 0 atom stereocenters. The average Bonchev–Trinajstić information content (AvgIpc) is 3.30. The fraction of sp³-hybridized carbons (Fsp3) is 0.148. The lowest BCUT2D eigenvalue weighted by Crippen LogP contribution is -2.41. The molecule has 34 heavy (non-hydrogen) atoms. The van der Waals surface area contributed by atoms with Crippen LogP contribution in [0, 0.1) is 0 Å². The summed E-state index contributed by atoms with van der Waals surface area (Å²) in [5, 5.41) is 2.39. The third-order valence-electron chi connectivity index (χ3n) is 5.47.